The average molecular weight is 277 g/mol. The molecule has 1 amide bonds. The lowest BCUT2D eigenvalue weighted by Gasteiger charge is -2.27. The van der Waals surface area contributed by atoms with Crippen LogP contribution < -0.4 is 0 Å². The van der Waals surface area contributed by atoms with Gasteiger partial charge in [0.05, 0.1) is 18.6 Å². The van der Waals surface area contributed by atoms with E-state index in [0.29, 0.717) is 13.2 Å². The van der Waals surface area contributed by atoms with E-state index in [2.05, 4.69) is 0 Å². The predicted octanol–water partition coefficient (Wildman–Crippen LogP) is 1.62. The number of amides is 1. The molecule has 5 heteroatoms. The summed E-state index contributed by atoms with van der Waals surface area (Å²) in [4.78, 5) is 25.1. The van der Waals surface area contributed by atoms with E-state index in [0.717, 1.165) is 11.1 Å². The molecule has 1 aliphatic heterocycles. The fourth-order valence-electron chi connectivity index (χ4n) is 2.73. The van der Waals surface area contributed by atoms with Gasteiger partial charge in [0, 0.05) is 20.1 Å². The summed E-state index contributed by atoms with van der Waals surface area (Å²) in [5.41, 5.74) is 1.93. The number of rotatable bonds is 5. The quantitative estimate of drug-likeness (QED) is 0.888. The lowest BCUT2D eigenvalue weighted by atomic mass is 9.93. The number of carbonyl (C=O) groups is 2. The maximum absolute atomic E-state index is 12.1. The molecular weight excluding hydrogens is 258 g/mol. The number of carboxylic acid groups (broad SMARTS) is 1. The van der Waals surface area contributed by atoms with Crippen LogP contribution in [0, 0.1) is 12.8 Å². The number of benzene rings is 1. The minimum atomic E-state index is -0.926. The largest absolute Gasteiger partial charge is 0.481 e. The fraction of sp³-hybridized carbons (Fsp3) is 0.467. The van der Waals surface area contributed by atoms with Gasteiger partial charge in [0.15, 0.2) is 0 Å². The molecule has 5 nitrogen and oxygen atoms in total. The molecule has 0 aromatic heterocycles. The van der Waals surface area contributed by atoms with Crippen molar-refractivity contribution in [3.05, 3.63) is 35.4 Å². The highest BCUT2D eigenvalue weighted by Crippen LogP contribution is 2.38. The van der Waals surface area contributed by atoms with E-state index in [-0.39, 0.29) is 12.3 Å². The fourth-order valence-corrected chi connectivity index (χ4v) is 2.73. The molecule has 0 unspecified atom stereocenters. The van der Waals surface area contributed by atoms with Gasteiger partial charge in [0.1, 0.15) is 0 Å². The van der Waals surface area contributed by atoms with Crippen molar-refractivity contribution in [2.45, 2.75) is 19.4 Å². The molecule has 108 valence electrons. The summed E-state index contributed by atoms with van der Waals surface area (Å²) in [5, 5.41) is 9.37. The molecule has 1 heterocycles. The maximum Gasteiger partial charge on any atom is 0.309 e. The van der Waals surface area contributed by atoms with Crippen molar-refractivity contribution in [1.82, 2.24) is 4.90 Å². The van der Waals surface area contributed by atoms with Crippen molar-refractivity contribution in [1.29, 1.82) is 0 Å². The van der Waals surface area contributed by atoms with Crippen molar-refractivity contribution >= 4 is 11.9 Å². The van der Waals surface area contributed by atoms with Crippen molar-refractivity contribution < 1.29 is 19.4 Å². The summed E-state index contributed by atoms with van der Waals surface area (Å²) < 4.78 is 5.01. The SMILES string of the molecule is COCCN1C(=O)C[C@H](C(=O)O)[C@H]1c1cccc(C)c1. The number of methoxy groups -OCH3 is 1. The first kappa shape index (κ1) is 14.5. The number of likely N-dealkylation sites (tertiary alicyclic amines) is 1. The molecule has 20 heavy (non-hydrogen) atoms. The Morgan fingerprint density at radius 2 is 2.25 bits per heavy atom. The van der Waals surface area contributed by atoms with E-state index in [4.69, 9.17) is 4.74 Å². The van der Waals surface area contributed by atoms with E-state index < -0.39 is 17.9 Å². The Bertz CT molecular complexity index is 514. The minimum Gasteiger partial charge on any atom is -0.481 e. The second kappa shape index (κ2) is 6.05. The highest BCUT2D eigenvalue weighted by atomic mass is 16.5. The number of aliphatic carboxylic acids is 1. The Hall–Kier alpha value is -1.88. The van der Waals surface area contributed by atoms with Gasteiger partial charge < -0.3 is 14.7 Å². The monoisotopic (exact) mass is 277 g/mol. The molecule has 1 saturated heterocycles. The third-order valence-corrected chi connectivity index (χ3v) is 3.67. The molecule has 2 rings (SSSR count). The molecule has 1 aromatic carbocycles. The molecule has 0 bridgehead atoms. The summed E-state index contributed by atoms with van der Waals surface area (Å²) in [6, 6.07) is 7.26. The minimum absolute atomic E-state index is 0.0532. The van der Waals surface area contributed by atoms with Crippen molar-refractivity contribution in [3.8, 4) is 0 Å². The second-order valence-corrected chi connectivity index (χ2v) is 5.09. The molecular formula is C15H19NO4. The first-order chi connectivity index (χ1) is 9.54. The summed E-state index contributed by atoms with van der Waals surface area (Å²) in [7, 11) is 1.57. The lowest BCUT2D eigenvalue weighted by Crippen LogP contribution is -2.33. The van der Waals surface area contributed by atoms with Crippen LogP contribution in [0.3, 0.4) is 0 Å². The highest BCUT2D eigenvalue weighted by molar-refractivity contribution is 5.87. The molecule has 2 atom stereocenters. The molecule has 0 radical (unpaired) electrons. The van der Waals surface area contributed by atoms with Crippen LogP contribution in [0.2, 0.25) is 0 Å². The maximum atomic E-state index is 12.1. The second-order valence-electron chi connectivity index (χ2n) is 5.09. The van der Waals surface area contributed by atoms with Gasteiger partial charge in [-0.15, -0.1) is 0 Å². The van der Waals surface area contributed by atoms with Crippen molar-refractivity contribution in [2.24, 2.45) is 5.92 Å². The van der Waals surface area contributed by atoms with Crippen LogP contribution in [-0.2, 0) is 14.3 Å². The first-order valence-electron chi connectivity index (χ1n) is 6.62. The predicted molar refractivity (Wildman–Crippen MR) is 73.3 cm³/mol. The number of carboxylic acids is 1. The average Bonchev–Trinajstić information content (AvgIpc) is 2.73. The molecule has 1 N–H and O–H groups in total. The highest BCUT2D eigenvalue weighted by Gasteiger charge is 2.44. The number of hydrogen-bond donors (Lipinski definition) is 1. The number of hydrogen-bond acceptors (Lipinski definition) is 3. The lowest BCUT2D eigenvalue weighted by molar-refractivity contribution is -0.142. The van der Waals surface area contributed by atoms with E-state index >= 15 is 0 Å². The zero-order chi connectivity index (χ0) is 14.7. The number of ether oxygens (including phenoxy) is 1. The van der Waals surface area contributed by atoms with Gasteiger partial charge in [-0.3, -0.25) is 9.59 Å². The third kappa shape index (κ3) is 2.82. The van der Waals surface area contributed by atoms with Gasteiger partial charge in [-0.1, -0.05) is 29.8 Å². The van der Waals surface area contributed by atoms with Crippen LogP contribution in [0.4, 0.5) is 0 Å². The van der Waals surface area contributed by atoms with E-state index in [1.165, 1.54) is 0 Å². The number of nitrogens with zero attached hydrogens (tertiary/aromatic N) is 1. The summed E-state index contributed by atoms with van der Waals surface area (Å²) in [6.07, 6.45) is 0.0532. The Morgan fingerprint density at radius 3 is 2.85 bits per heavy atom. The molecule has 0 saturated carbocycles. The van der Waals surface area contributed by atoms with Gasteiger partial charge in [0.2, 0.25) is 5.91 Å². The van der Waals surface area contributed by atoms with Crippen LogP contribution in [0.15, 0.2) is 24.3 Å². The van der Waals surface area contributed by atoms with Crippen LogP contribution in [-0.4, -0.2) is 42.1 Å². The standard InChI is InChI=1S/C15H19NO4/c1-10-4-3-5-11(8-10)14-12(15(18)19)9-13(17)16(14)6-7-20-2/h3-5,8,12,14H,6-7,9H2,1-2H3,(H,18,19)/t12-,14+/m0/s1. The van der Waals surface area contributed by atoms with E-state index in [9.17, 15) is 14.7 Å². The summed E-state index contributed by atoms with van der Waals surface area (Å²) in [5.74, 6) is -1.74. The Kier molecular flexibility index (Phi) is 4.39. The Labute approximate surface area is 118 Å². The van der Waals surface area contributed by atoms with Crippen LogP contribution >= 0.6 is 0 Å². The normalized spacial score (nSPS) is 22.3. The molecule has 0 spiro atoms. The molecule has 0 aliphatic carbocycles. The van der Waals surface area contributed by atoms with E-state index in [1.54, 1.807) is 12.0 Å². The third-order valence-electron chi connectivity index (χ3n) is 3.67. The Balaban J connectivity index is 2.35. The first-order valence-corrected chi connectivity index (χ1v) is 6.62. The van der Waals surface area contributed by atoms with Crippen molar-refractivity contribution in [2.75, 3.05) is 20.3 Å². The zero-order valence-electron chi connectivity index (χ0n) is 11.7. The van der Waals surface area contributed by atoms with E-state index in [1.807, 2.05) is 31.2 Å². The summed E-state index contributed by atoms with van der Waals surface area (Å²) >= 11 is 0. The number of aryl methyl sites for hydroxylation is 1. The van der Waals surface area contributed by atoms with Crippen LogP contribution in [0.25, 0.3) is 0 Å². The zero-order valence-corrected chi connectivity index (χ0v) is 11.7. The van der Waals surface area contributed by atoms with Gasteiger partial charge >= 0.3 is 5.97 Å². The Morgan fingerprint density at radius 1 is 1.50 bits per heavy atom. The van der Waals surface area contributed by atoms with Crippen molar-refractivity contribution in [3.63, 3.8) is 0 Å². The van der Waals surface area contributed by atoms with Gasteiger partial charge in [0.25, 0.3) is 0 Å². The van der Waals surface area contributed by atoms with Gasteiger partial charge in [-0.25, -0.2) is 0 Å². The molecule has 1 aromatic rings. The van der Waals surface area contributed by atoms with Gasteiger partial charge in [-0.05, 0) is 12.5 Å². The number of carbonyl (C=O) groups excluding carboxylic acids is 1. The topological polar surface area (TPSA) is 66.8 Å². The molecule has 1 fully saturated rings. The summed E-state index contributed by atoms with van der Waals surface area (Å²) in [6.45, 7) is 2.77. The van der Waals surface area contributed by atoms with Gasteiger partial charge in [-0.2, -0.15) is 0 Å². The van der Waals surface area contributed by atoms with Crippen LogP contribution in [0.5, 0.6) is 0 Å². The molecule has 1 aliphatic rings. The smallest absolute Gasteiger partial charge is 0.309 e. The van der Waals surface area contributed by atoms with Crippen LogP contribution in [0.1, 0.15) is 23.6 Å².